The Morgan fingerprint density at radius 3 is 2.24 bits per heavy atom. The van der Waals surface area contributed by atoms with Gasteiger partial charge in [-0.3, -0.25) is 9.59 Å². The fraction of sp³-hybridized carbons (Fsp3) is 0.222. The van der Waals surface area contributed by atoms with Gasteiger partial charge in [0.2, 0.25) is 11.8 Å². The van der Waals surface area contributed by atoms with E-state index in [0.29, 0.717) is 55.9 Å². The molecule has 0 fully saturated rings. The van der Waals surface area contributed by atoms with Crippen LogP contribution < -0.4 is 20.2 Å². The summed E-state index contributed by atoms with van der Waals surface area (Å²) in [6, 6.07) is 15.4. The summed E-state index contributed by atoms with van der Waals surface area (Å²) in [6.45, 7) is 2.60. The van der Waals surface area contributed by atoms with Crippen LogP contribution in [0.25, 0.3) is 0 Å². The first-order valence-electron chi connectivity index (χ1n) is 11.7. The Kier molecular flexibility index (Phi) is 11.5. The molecule has 0 heterocycles. The Morgan fingerprint density at radius 1 is 0.816 bits per heavy atom. The summed E-state index contributed by atoms with van der Waals surface area (Å²) in [5.41, 5.74) is 4.57. The maximum absolute atomic E-state index is 12.1. The minimum Gasteiger partial charge on any atom is -0.490 e. The van der Waals surface area contributed by atoms with Crippen molar-refractivity contribution in [2.75, 3.05) is 11.9 Å². The zero-order chi connectivity index (χ0) is 27.5. The van der Waals surface area contributed by atoms with Gasteiger partial charge < -0.3 is 14.8 Å². The molecule has 7 nitrogen and oxygen atoms in total. The molecule has 0 unspecified atom stereocenters. The number of ether oxygens (including phenoxy) is 2. The number of hydrogen-bond acceptors (Lipinski definition) is 5. The number of hydrazone groups is 1. The van der Waals surface area contributed by atoms with E-state index in [-0.39, 0.29) is 31.3 Å². The number of rotatable bonds is 12. The SMILES string of the molecule is CCOc1cc(/C=N\NC(=O)CCCC(=O)Nc2ccc(Cl)c(Cl)c2)ccc1OCc1ccc(Cl)c(Cl)c1. The quantitative estimate of drug-likeness (QED) is 0.167. The zero-order valence-electron chi connectivity index (χ0n) is 20.4. The summed E-state index contributed by atoms with van der Waals surface area (Å²) < 4.78 is 11.6. The molecule has 200 valence electrons. The van der Waals surface area contributed by atoms with E-state index in [2.05, 4.69) is 15.8 Å². The van der Waals surface area contributed by atoms with E-state index in [4.69, 9.17) is 55.9 Å². The van der Waals surface area contributed by atoms with Crippen molar-refractivity contribution in [2.24, 2.45) is 5.10 Å². The minimum atomic E-state index is -0.310. The predicted molar refractivity (Wildman–Crippen MR) is 153 cm³/mol. The highest BCUT2D eigenvalue weighted by Gasteiger charge is 2.09. The van der Waals surface area contributed by atoms with Crippen molar-refractivity contribution in [3.63, 3.8) is 0 Å². The Labute approximate surface area is 241 Å². The number of halogens is 4. The van der Waals surface area contributed by atoms with Crippen molar-refractivity contribution < 1.29 is 19.1 Å². The molecular weight excluding hydrogens is 572 g/mol. The largest absolute Gasteiger partial charge is 0.490 e. The molecular formula is C27H25Cl4N3O4. The molecule has 3 aromatic rings. The standard InChI is InChI=1S/C27H25Cl4N3O4/c1-2-37-25-13-17(7-11-24(25)38-16-18-6-9-20(28)22(30)12-18)15-32-34-27(36)5-3-4-26(35)33-19-8-10-21(29)23(31)14-19/h6-15H,2-5,16H2,1H3,(H,33,35)(H,34,36)/b32-15-. The van der Waals surface area contributed by atoms with Crippen LogP contribution in [-0.4, -0.2) is 24.6 Å². The van der Waals surface area contributed by atoms with Crippen molar-refractivity contribution in [1.29, 1.82) is 0 Å². The number of amides is 2. The molecule has 0 aliphatic carbocycles. The van der Waals surface area contributed by atoms with E-state index in [1.165, 1.54) is 6.21 Å². The molecule has 0 aliphatic rings. The summed E-state index contributed by atoms with van der Waals surface area (Å²) in [5, 5.41) is 8.39. The molecule has 0 radical (unpaired) electrons. The zero-order valence-corrected chi connectivity index (χ0v) is 23.4. The highest BCUT2D eigenvalue weighted by atomic mass is 35.5. The van der Waals surface area contributed by atoms with Gasteiger partial charge in [0.15, 0.2) is 11.5 Å². The van der Waals surface area contributed by atoms with Gasteiger partial charge in [0.05, 0.1) is 32.9 Å². The number of nitrogens with zero attached hydrogens (tertiary/aromatic N) is 1. The van der Waals surface area contributed by atoms with E-state index in [0.717, 1.165) is 5.56 Å². The van der Waals surface area contributed by atoms with Crippen LogP contribution in [0.15, 0.2) is 59.7 Å². The summed E-state index contributed by atoms with van der Waals surface area (Å²) >= 11 is 23.8. The fourth-order valence-corrected chi connectivity index (χ4v) is 3.84. The molecule has 2 amide bonds. The number of benzene rings is 3. The van der Waals surface area contributed by atoms with Crippen LogP contribution in [-0.2, 0) is 16.2 Å². The van der Waals surface area contributed by atoms with E-state index in [1.807, 2.05) is 13.0 Å². The highest BCUT2D eigenvalue weighted by molar-refractivity contribution is 6.42. The molecule has 3 aromatic carbocycles. The molecule has 11 heteroatoms. The van der Waals surface area contributed by atoms with Gasteiger partial charge in [0.25, 0.3) is 0 Å². The summed E-state index contributed by atoms with van der Waals surface area (Å²) in [7, 11) is 0. The smallest absolute Gasteiger partial charge is 0.240 e. The van der Waals surface area contributed by atoms with Gasteiger partial charge in [-0.05, 0) is 73.0 Å². The van der Waals surface area contributed by atoms with E-state index in [1.54, 1.807) is 48.5 Å². The lowest BCUT2D eigenvalue weighted by atomic mass is 10.2. The van der Waals surface area contributed by atoms with Crippen LogP contribution in [0.4, 0.5) is 5.69 Å². The molecule has 3 rings (SSSR count). The highest BCUT2D eigenvalue weighted by Crippen LogP contribution is 2.30. The summed E-state index contributed by atoms with van der Waals surface area (Å²) in [6.07, 6.45) is 2.16. The Morgan fingerprint density at radius 2 is 1.53 bits per heavy atom. The minimum absolute atomic E-state index is 0.137. The average molecular weight is 597 g/mol. The van der Waals surface area contributed by atoms with E-state index in [9.17, 15) is 9.59 Å². The van der Waals surface area contributed by atoms with Crippen molar-refractivity contribution in [3.05, 3.63) is 85.8 Å². The van der Waals surface area contributed by atoms with Gasteiger partial charge >= 0.3 is 0 Å². The van der Waals surface area contributed by atoms with E-state index < -0.39 is 0 Å². The number of hydrogen-bond donors (Lipinski definition) is 2. The number of anilines is 1. The first-order chi connectivity index (χ1) is 18.2. The second kappa shape index (κ2) is 14.8. The summed E-state index contributed by atoms with van der Waals surface area (Å²) in [5.74, 6) is 0.550. The van der Waals surface area contributed by atoms with Crippen LogP contribution in [0.2, 0.25) is 20.1 Å². The monoisotopic (exact) mass is 595 g/mol. The third-order valence-electron chi connectivity index (χ3n) is 5.06. The Bertz CT molecular complexity index is 1320. The lowest BCUT2D eigenvalue weighted by molar-refractivity contribution is -0.121. The molecule has 0 saturated carbocycles. The molecule has 0 saturated heterocycles. The average Bonchev–Trinajstić information content (AvgIpc) is 2.88. The lowest BCUT2D eigenvalue weighted by Gasteiger charge is -2.13. The number of nitrogens with one attached hydrogen (secondary N) is 2. The molecule has 2 N–H and O–H groups in total. The van der Waals surface area contributed by atoms with E-state index >= 15 is 0 Å². The van der Waals surface area contributed by atoms with Crippen LogP contribution in [0.1, 0.15) is 37.3 Å². The van der Waals surface area contributed by atoms with Crippen LogP contribution >= 0.6 is 46.4 Å². The molecule has 0 atom stereocenters. The molecule has 0 spiro atoms. The maximum atomic E-state index is 12.1. The van der Waals surface area contributed by atoms with Gasteiger partial charge in [0, 0.05) is 18.5 Å². The first kappa shape index (κ1) is 29.6. The second-order valence-electron chi connectivity index (χ2n) is 8.00. The molecule has 0 bridgehead atoms. The van der Waals surface area contributed by atoms with Gasteiger partial charge in [-0.1, -0.05) is 52.5 Å². The topological polar surface area (TPSA) is 89.0 Å². The third-order valence-corrected chi connectivity index (χ3v) is 6.54. The summed E-state index contributed by atoms with van der Waals surface area (Å²) in [4.78, 5) is 24.2. The van der Waals surface area contributed by atoms with Gasteiger partial charge in [-0.15, -0.1) is 0 Å². The molecule has 0 aliphatic heterocycles. The number of carbonyl (C=O) groups is 2. The third kappa shape index (κ3) is 9.40. The van der Waals surface area contributed by atoms with Crippen LogP contribution in [0.5, 0.6) is 11.5 Å². The number of carbonyl (C=O) groups excluding carboxylic acids is 2. The first-order valence-corrected chi connectivity index (χ1v) is 13.2. The fourth-order valence-electron chi connectivity index (χ4n) is 3.22. The maximum Gasteiger partial charge on any atom is 0.240 e. The van der Waals surface area contributed by atoms with Crippen LogP contribution in [0.3, 0.4) is 0 Å². The molecule has 0 aromatic heterocycles. The van der Waals surface area contributed by atoms with Crippen LogP contribution in [0, 0.1) is 0 Å². The second-order valence-corrected chi connectivity index (χ2v) is 9.63. The van der Waals surface area contributed by atoms with Crippen molar-refractivity contribution in [1.82, 2.24) is 5.43 Å². The predicted octanol–water partition coefficient (Wildman–Crippen LogP) is 7.54. The van der Waals surface area contributed by atoms with Gasteiger partial charge in [-0.25, -0.2) is 5.43 Å². The molecule has 38 heavy (non-hydrogen) atoms. The normalized spacial score (nSPS) is 10.9. The van der Waals surface area contributed by atoms with Crippen molar-refractivity contribution in [2.45, 2.75) is 32.8 Å². The lowest BCUT2D eigenvalue weighted by Crippen LogP contribution is -2.18. The Hall–Kier alpha value is -2.97. The van der Waals surface area contributed by atoms with Crippen molar-refractivity contribution >= 4 is 70.1 Å². The van der Waals surface area contributed by atoms with Gasteiger partial charge in [-0.2, -0.15) is 5.10 Å². The Balaban J connectivity index is 1.46. The van der Waals surface area contributed by atoms with Gasteiger partial charge in [0.1, 0.15) is 6.61 Å². The van der Waals surface area contributed by atoms with Crippen molar-refractivity contribution in [3.8, 4) is 11.5 Å².